The Morgan fingerprint density at radius 1 is 1.15 bits per heavy atom. The zero-order valence-electron chi connectivity index (χ0n) is 16.4. The van der Waals surface area contributed by atoms with Crippen molar-refractivity contribution in [1.29, 1.82) is 0 Å². The molecule has 1 N–H and O–H groups in total. The van der Waals surface area contributed by atoms with Crippen LogP contribution in [-0.2, 0) is 13.0 Å². The first-order valence-corrected chi connectivity index (χ1v) is 9.13. The van der Waals surface area contributed by atoms with Gasteiger partial charge in [0.15, 0.2) is 0 Å². The van der Waals surface area contributed by atoms with Gasteiger partial charge in [0, 0.05) is 48.4 Å². The second kappa shape index (κ2) is 8.00. The van der Waals surface area contributed by atoms with Crippen LogP contribution in [0.4, 0.5) is 5.69 Å². The number of nitrogens with zero attached hydrogens (tertiary/aromatic N) is 2. The highest BCUT2D eigenvalue weighted by Gasteiger charge is 2.32. The first kappa shape index (κ1) is 22.0. The van der Waals surface area contributed by atoms with Crippen LogP contribution in [0.2, 0.25) is 0 Å². The van der Waals surface area contributed by atoms with Crippen LogP contribution in [0.1, 0.15) is 30.5 Å². The third kappa shape index (κ3) is 3.70. The van der Waals surface area contributed by atoms with Gasteiger partial charge in [0.2, 0.25) is 0 Å². The molecule has 4 rings (SSSR count). The minimum Gasteiger partial charge on any atom is -0.422 e. The van der Waals surface area contributed by atoms with Crippen molar-refractivity contribution in [3.8, 4) is 0 Å². The van der Waals surface area contributed by atoms with Gasteiger partial charge in [-0.3, -0.25) is 4.90 Å². The van der Waals surface area contributed by atoms with Gasteiger partial charge in [0.25, 0.3) is 0 Å². The minimum absolute atomic E-state index is 0. The van der Waals surface area contributed by atoms with Gasteiger partial charge >= 0.3 is 5.63 Å². The van der Waals surface area contributed by atoms with Gasteiger partial charge in [-0.2, -0.15) is 0 Å². The SMILES string of the molecule is Cc1c(N2CCN(C)C(C)(C)C2)ccc2c3c(c(=O)oc12)CNCC3.Cl.Cl. The zero-order valence-corrected chi connectivity index (χ0v) is 18.1. The standard InChI is InChI=1S/C20H27N3O2.2ClH/c1-13-17(23-10-9-22(4)20(2,3)12-23)6-5-15-14-7-8-21-11-16(14)19(24)25-18(13)15;;/h5-6,21H,7-12H2,1-4H3;2*1H. The number of rotatable bonds is 1. The molecule has 2 aliphatic heterocycles. The van der Waals surface area contributed by atoms with E-state index >= 15 is 0 Å². The summed E-state index contributed by atoms with van der Waals surface area (Å²) in [7, 11) is 2.18. The molecule has 5 nitrogen and oxygen atoms in total. The summed E-state index contributed by atoms with van der Waals surface area (Å²) in [4.78, 5) is 17.3. The molecule has 27 heavy (non-hydrogen) atoms. The van der Waals surface area contributed by atoms with Crippen molar-refractivity contribution in [1.82, 2.24) is 10.2 Å². The summed E-state index contributed by atoms with van der Waals surface area (Å²) in [5.41, 5.74) is 4.93. The molecular formula is C20H29Cl2N3O2. The summed E-state index contributed by atoms with van der Waals surface area (Å²) in [5.74, 6) is 0. The summed E-state index contributed by atoms with van der Waals surface area (Å²) < 4.78 is 5.76. The first-order chi connectivity index (χ1) is 11.9. The molecule has 150 valence electrons. The molecule has 0 amide bonds. The molecule has 1 saturated heterocycles. The predicted octanol–water partition coefficient (Wildman–Crippen LogP) is 3.12. The molecule has 0 spiro atoms. The summed E-state index contributed by atoms with van der Waals surface area (Å²) in [5, 5.41) is 4.37. The molecule has 0 aliphatic carbocycles. The molecule has 0 unspecified atom stereocenters. The number of aryl methyl sites for hydroxylation is 1. The number of anilines is 1. The fraction of sp³-hybridized carbons (Fsp3) is 0.550. The van der Waals surface area contributed by atoms with E-state index in [0.29, 0.717) is 6.54 Å². The molecule has 0 bridgehead atoms. The van der Waals surface area contributed by atoms with E-state index in [1.807, 2.05) is 0 Å². The van der Waals surface area contributed by atoms with Crippen LogP contribution in [-0.4, -0.2) is 43.7 Å². The highest BCUT2D eigenvalue weighted by atomic mass is 35.5. The summed E-state index contributed by atoms with van der Waals surface area (Å²) in [6.07, 6.45) is 0.887. The van der Waals surface area contributed by atoms with Gasteiger partial charge in [0.05, 0.1) is 5.56 Å². The minimum atomic E-state index is -0.186. The Hall–Kier alpha value is -1.27. The van der Waals surface area contributed by atoms with Crippen molar-refractivity contribution >= 4 is 41.5 Å². The quantitative estimate of drug-likeness (QED) is 0.727. The largest absolute Gasteiger partial charge is 0.422 e. The number of likely N-dealkylation sites (N-methyl/N-ethyl adjacent to an activating group) is 1. The van der Waals surface area contributed by atoms with E-state index in [9.17, 15) is 4.79 Å². The van der Waals surface area contributed by atoms with Crippen LogP contribution in [0.5, 0.6) is 0 Å². The molecule has 3 heterocycles. The van der Waals surface area contributed by atoms with Crippen LogP contribution < -0.4 is 15.8 Å². The van der Waals surface area contributed by atoms with Gasteiger partial charge in [-0.05, 0) is 58.5 Å². The number of hydrogen-bond donors (Lipinski definition) is 1. The van der Waals surface area contributed by atoms with E-state index in [1.54, 1.807) is 0 Å². The summed E-state index contributed by atoms with van der Waals surface area (Å²) in [6, 6.07) is 4.36. The number of fused-ring (bicyclic) bond motifs is 3. The lowest BCUT2D eigenvalue weighted by Gasteiger charge is -2.46. The van der Waals surface area contributed by atoms with E-state index in [1.165, 1.54) is 11.3 Å². The Morgan fingerprint density at radius 3 is 2.59 bits per heavy atom. The Morgan fingerprint density at radius 2 is 1.89 bits per heavy atom. The van der Waals surface area contributed by atoms with Crippen LogP contribution in [0, 0.1) is 6.92 Å². The second-order valence-corrected chi connectivity index (χ2v) is 8.02. The highest BCUT2D eigenvalue weighted by Crippen LogP contribution is 2.33. The van der Waals surface area contributed by atoms with Crippen LogP contribution >= 0.6 is 24.8 Å². The fourth-order valence-electron chi connectivity index (χ4n) is 4.17. The van der Waals surface area contributed by atoms with Crippen LogP contribution in [0.25, 0.3) is 11.0 Å². The molecule has 0 saturated carbocycles. The molecule has 0 radical (unpaired) electrons. The Balaban J connectivity index is 0.00000131. The predicted molar refractivity (Wildman–Crippen MR) is 116 cm³/mol. The molecule has 1 fully saturated rings. The average Bonchev–Trinajstić information content (AvgIpc) is 2.59. The molecule has 1 aromatic heterocycles. The van der Waals surface area contributed by atoms with Crippen molar-refractivity contribution < 1.29 is 4.42 Å². The number of hydrogen-bond acceptors (Lipinski definition) is 5. The molecular weight excluding hydrogens is 385 g/mol. The third-order valence-electron chi connectivity index (χ3n) is 6.02. The van der Waals surface area contributed by atoms with E-state index in [4.69, 9.17) is 4.42 Å². The van der Waals surface area contributed by atoms with Crippen molar-refractivity contribution in [3.05, 3.63) is 39.2 Å². The van der Waals surface area contributed by atoms with E-state index in [-0.39, 0.29) is 36.0 Å². The Bertz CT molecular complexity index is 895. The second-order valence-electron chi connectivity index (χ2n) is 8.02. The number of piperazine rings is 1. The maximum atomic E-state index is 12.4. The monoisotopic (exact) mass is 413 g/mol. The fourth-order valence-corrected chi connectivity index (χ4v) is 4.17. The smallest absolute Gasteiger partial charge is 0.341 e. The third-order valence-corrected chi connectivity index (χ3v) is 6.02. The van der Waals surface area contributed by atoms with Gasteiger partial charge in [-0.25, -0.2) is 4.79 Å². The van der Waals surface area contributed by atoms with Gasteiger partial charge in [-0.1, -0.05) is 0 Å². The lowest BCUT2D eigenvalue weighted by atomic mass is 9.95. The van der Waals surface area contributed by atoms with Crippen molar-refractivity contribution in [2.75, 3.05) is 38.1 Å². The van der Waals surface area contributed by atoms with Crippen LogP contribution in [0.3, 0.4) is 0 Å². The number of benzene rings is 1. The topological polar surface area (TPSA) is 48.7 Å². The van der Waals surface area contributed by atoms with Crippen molar-refractivity contribution in [3.63, 3.8) is 0 Å². The van der Waals surface area contributed by atoms with E-state index in [0.717, 1.165) is 54.7 Å². The molecule has 2 aliphatic rings. The molecule has 2 aromatic rings. The van der Waals surface area contributed by atoms with E-state index < -0.39 is 0 Å². The maximum Gasteiger partial charge on any atom is 0.341 e. The molecule has 0 atom stereocenters. The van der Waals surface area contributed by atoms with Gasteiger partial charge in [0.1, 0.15) is 5.58 Å². The highest BCUT2D eigenvalue weighted by molar-refractivity contribution is 5.88. The Kier molecular flexibility index (Phi) is 6.52. The maximum absolute atomic E-state index is 12.4. The van der Waals surface area contributed by atoms with Gasteiger partial charge in [-0.15, -0.1) is 24.8 Å². The van der Waals surface area contributed by atoms with Crippen LogP contribution in [0.15, 0.2) is 21.3 Å². The van der Waals surface area contributed by atoms with Gasteiger partial charge < -0.3 is 14.6 Å². The first-order valence-electron chi connectivity index (χ1n) is 9.13. The summed E-state index contributed by atoms with van der Waals surface area (Å²) in [6.45, 7) is 11.2. The normalized spacial score (nSPS) is 19.2. The lowest BCUT2D eigenvalue weighted by molar-refractivity contribution is 0.139. The lowest BCUT2D eigenvalue weighted by Crippen LogP contribution is -2.57. The summed E-state index contributed by atoms with van der Waals surface area (Å²) >= 11 is 0. The molecule has 1 aromatic carbocycles. The number of halogens is 2. The molecule has 7 heteroatoms. The number of nitrogens with one attached hydrogen (secondary N) is 1. The van der Waals surface area contributed by atoms with Crippen molar-refractivity contribution in [2.45, 2.75) is 39.3 Å². The van der Waals surface area contributed by atoms with E-state index in [2.05, 4.69) is 55.1 Å². The Labute approximate surface area is 172 Å². The average molecular weight is 414 g/mol. The zero-order chi connectivity index (χ0) is 17.8. The van der Waals surface area contributed by atoms with Crippen molar-refractivity contribution in [2.24, 2.45) is 0 Å².